The second-order valence-electron chi connectivity index (χ2n) is 16.0. The van der Waals surface area contributed by atoms with Crippen molar-refractivity contribution in [3.63, 3.8) is 0 Å². The van der Waals surface area contributed by atoms with Crippen molar-refractivity contribution in [2.24, 2.45) is 23.2 Å². The number of cyclic esters (lactones) is 1. The average molecular weight is 612 g/mol. The minimum absolute atomic E-state index is 0.110. The van der Waals surface area contributed by atoms with E-state index in [0.717, 1.165) is 36.1 Å². The number of fused-ring (bicyclic) bond motifs is 1. The van der Waals surface area contributed by atoms with Crippen LogP contribution in [0.5, 0.6) is 5.75 Å². The molecule has 234 valence electrons. The van der Waals surface area contributed by atoms with Gasteiger partial charge in [-0.2, -0.15) is 0 Å². The molecule has 2 heterocycles. The van der Waals surface area contributed by atoms with E-state index >= 15 is 0 Å². The SMILES string of the molecule is CC(C)(C)OC(=O)NCC(Sc1ccc([C@H]2C[C@H]2B2OC3C[C@@H]4C[C@@H](C4(C)C)[C@]3(C)O2)c2c1C(=O)OC(C)(C)O2)C1CC1. The molecule has 1 N–H and O–H groups in total. The molecule has 7 aliphatic rings. The highest BCUT2D eigenvalue weighted by molar-refractivity contribution is 8.00. The molecule has 2 bridgehead atoms. The van der Waals surface area contributed by atoms with Crippen LogP contribution in [0.25, 0.3) is 0 Å². The van der Waals surface area contributed by atoms with E-state index in [1.54, 1.807) is 25.6 Å². The van der Waals surface area contributed by atoms with Gasteiger partial charge in [0.05, 0.1) is 11.7 Å². The summed E-state index contributed by atoms with van der Waals surface area (Å²) < 4.78 is 31.0. The molecule has 0 aromatic heterocycles. The molecule has 8 nitrogen and oxygen atoms in total. The van der Waals surface area contributed by atoms with Crippen molar-refractivity contribution in [3.8, 4) is 5.75 Å². The number of esters is 1. The van der Waals surface area contributed by atoms with Gasteiger partial charge in [-0.15, -0.1) is 11.8 Å². The van der Waals surface area contributed by atoms with Crippen molar-refractivity contribution in [3.05, 3.63) is 23.3 Å². The summed E-state index contributed by atoms with van der Waals surface area (Å²) >= 11 is 1.62. The van der Waals surface area contributed by atoms with Crippen LogP contribution in [-0.2, 0) is 18.8 Å². The zero-order chi connectivity index (χ0) is 30.7. The van der Waals surface area contributed by atoms with Crippen molar-refractivity contribution in [1.82, 2.24) is 5.32 Å². The van der Waals surface area contributed by atoms with Gasteiger partial charge in [0.15, 0.2) is 0 Å². The zero-order valence-corrected chi connectivity index (χ0v) is 27.6. The van der Waals surface area contributed by atoms with Gasteiger partial charge in [-0.05, 0) is 101 Å². The molecular formula is C33H46BNO7S. The highest BCUT2D eigenvalue weighted by Crippen LogP contribution is 2.68. The topological polar surface area (TPSA) is 92.3 Å². The number of ether oxygens (including phenoxy) is 3. The third-order valence-corrected chi connectivity index (χ3v) is 12.3. The average Bonchev–Trinajstić information content (AvgIpc) is 3.80. The van der Waals surface area contributed by atoms with Crippen LogP contribution in [-0.4, -0.2) is 54.1 Å². The number of benzene rings is 1. The molecule has 5 saturated carbocycles. The molecule has 2 aliphatic heterocycles. The van der Waals surface area contributed by atoms with Crippen LogP contribution >= 0.6 is 11.8 Å². The molecule has 8 rings (SSSR count). The van der Waals surface area contributed by atoms with E-state index in [9.17, 15) is 9.59 Å². The first kappa shape index (κ1) is 29.8. The maximum atomic E-state index is 13.5. The van der Waals surface area contributed by atoms with Gasteiger partial charge in [-0.25, -0.2) is 9.59 Å². The molecule has 1 aromatic rings. The summed E-state index contributed by atoms with van der Waals surface area (Å²) in [6.45, 7) is 16.6. The van der Waals surface area contributed by atoms with Crippen LogP contribution in [0.15, 0.2) is 17.0 Å². The summed E-state index contributed by atoms with van der Waals surface area (Å²) in [5.74, 6) is 1.33. The monoisotopic (exact) mass is 611 g/mol. The molecule has 1 aromatic carbocycles. The van der Waals surface area contributed by atoms with Crippen molar-refractivity contribution < 1.29 is 33.1 Å². The summed E-state index contributed by atoms with van der Waals surface area (Å²) in [5, 5.41) is 3.05. The Morgan fingerprint density at radius 2 is 1.86 bits per heavy atom. The van der Waals surface area contributed by atoms with Gasteiger partial charge in [-0.3, -0.25) is 0 Å². The summed E-state index contributed by atoms with van der Waals surface area (Å²) in [7, 11) is -0.235. The van der Waals surface area contributed by atoms with Crippen LogP contribution in [0.1, 0.15) is 109 Å². The molecule has 1 saturated heterocycles. The standard InChI is InChI=1S/C33H46BNO7S/c1-30(2,3)40-29(37)35-16-23(17-9-10-17)43-22-12-11-19(27-26(22)28(36)39-32(6,7)38-27)20-15-21(20)34-41-25-14-18-13-24(31(18,4)5)33(25,8)42-34/h11-12,17-18,20-21,23-25H,9-10,13-16H2,1-8H3,(H,35,37)/t18-,20+,21+,23?,24-,25?,33-/m0/s1. The van der Waals surface area contributed by atoms with E-state index < -0.39 is 17.5 Å². The second-order valence-corrected chi connectivity index (χ2v) is 17.2. The van der Waals surface area contributed by atoms with Crippen LogP contribution < -0.4 is 10.1 Å². The molecule has 7 atom stereocenters. The fraction of sp³-hybridized carbons (Fsp3) is 0.758. The number of amides is 1. The lowest BCUT2D eigenvalue weighted by Crippen LogP contribution is -2.65. The second kappa shape index (κ2) is 9.80. The molecule has 0 radical (unpaired) electrons. The number of thioether (sulfide) groups is 1. The Hall–Kier alpha value is -1.91. The quantitative estimate of drug-likeness (QED) is 0.201. The van der Waals surface area contributed by atoms with Crippen LogP contribution in [0.2, 0.25) is 5.82 Å². The largest absolute Gasteiger partial charge is 0.461 e. The lowest BCUT2D eigenvalue weighted by Gasteiger charge is -2.64. The summed E-state index contributed by atoms with van der Waals surface area (Å²) in [6, 6.07) is 4.16. The predicted molar refractivity (Wildman–Crippen MR) is 164 cm³/mol. The molecule has 10 heteroatoms. The number of hydrogen-bond acceptors (Lipinski definition) is 8. The molecule has 5 aliphatic carbocycles. The van der Waals surface area contributed by atoms with E-state index in [1.165, 1.54) is 6.42 Å². The first-order chi connectivity index (χ1) is 20.1. The van der Waals surface area contributed by atoms with Gasteiger partial charge in [0.2, 0.25) is 5.79 Å². The van der Waals surface area contributed by atoms with E-state index in [2.05, 4.69) is 32.2 Å². The molecule has 2 unspecified atom stereocenters. The summed E-state index contributed by atoms with van der Waals surface area (Å²) in [6.07, 6.45) is 5.18. The fourth-order valence-electron chi connectivity index (χ4n) is 8.20. The Labute approximate surface area is 260 Å². The first-order valence-electron chi connectivity index (χ1n) is 16.1. The number of hydrogen-bond donors (Lipinski definition) is 1. The van der Waals surface area contributed by atoms with Crippen LogP contribution in [0.3, 0.4) is 0 Å². The van der Waals surface area contributed by atoms with Crippen molar-refractivity contribution in [1.29, 1.82) is 0 Å². The van der Waals surface area contributed by atoms with Gasteiger partial charge in [0, 0.05) is 36.4 Å². The number of carbonyl (C=O) groups excluding carboxylic acids is 2. The predicted octanol–water partition coefficient (Wildman–Crippen LogP) is 6.95. The Morgan fingerprint density at radius 1 is 1.12 bits per heavy atom. The van der Waals surface area contributed by atoms with E-state index in [-0.39, 0.29) is 41.8 Å². The summed E-state index contributed by atoms with van der Waals surface area (Å²) in [5.41, 5.74) is 1.03. The maximum Gasteiger partial charge on any atom is 0.461 e. The Balaban J connectivity index is 1.11. The number of rotatable bonds is 7. The normalized spacial score (nSPS) is 35.5. The zero-order valence-electron chi connectivity index (χ0n) is 26.8. The highest BCUT2D eigenvalue weighted by Gasteiger charge is 2.70. The minimum atomic E-state index is -1.06. The molecular weight excluding hydrogens is 565 g/mol. The van der Waals surface area contributed by atoms with Gasteiger partial charge in [0.1, 0.15) is 16.9 Å². The van der Waals surface area contributed by atoms with E-state index in [1.807, 2.05) is 26.8 Å². The van der Waals surface area contributed by atoms with Crippen LogP contribution in [0, 0.1) is 23.2 Å². The van der Waals surface area contributed by atoms with Gasteiger partial charge in [0.25, 0.3) is 0 Å². The van der Waals surface area contributed by atoms with E-state index in [0.29, 0.717) is 41.0 Å². The minimum Gasteiger partial charge on any atom is -0.452 e. The molecule has 43 heavy (non-hydrogen) atoms. The van der Waals surface area contributed by atoms with E-state index in [4.69, 9.17) is 23.5 Å². The van der Waals surface area contributed by atoms with Gasteiger partial charge in [-0.1, -0.05) is 19.9 Å². The fourth-order valence-corrected chi connectivity index (χ4v) is 9.60. The third-order valence-electron chi connectivity index (χ3n) is 10.9. The smallest absolute Gasteiger partial charge is 0.452 e. The molecule has 1 amide bonds. The first-order valence-corrected chi connectivity index (χ1v) is 17.0. The Morgan fingerprint density at radius 3 is 2.53 bits per heavy atom. The van der Waals surface area contributed by atoms with Crippen LogP contribution in [0.4, 0.5) is 4.79 Å². The molecule has 0 spiro atoms. The number of alkyl carbamates (subject to hydrolysis) is 1. The lowest BCUT2D eigenvalue weighted by molar-refractivity contribution is -0.199. The lowest BCUT2D eigenvalue weighted by atomic mass is 9.43. The number of carbonyl (C=O) groups is 2. The number of nitrogens with one attached hydrogen (secondary N) is 1. The van der Waals surface area contributed by atoms with Gasteiger partial charge < -0.3 is 28.8 Å². The van der Waals surface area contributed by atoms with Crippen molar-refractivity contribution >= 4 is 30.9 Å². The van der Waals surface area contributed by atoms with Crippen molar-refractivity contribution in [2.75, 3.05) is 6.54 Å². The Bertz CT molecular complexity index is 1340. The van der Waals surface area contributed by atoms with Crippen molar-refractivity contribution in [2.45, 2.75) is 132 Å². The van der Waals surface area contributed by atoms with Gasteiger partial charge >= 0.3 is 19.2 Å². The summed E-state index contributed by atoms with van der Waals surface area (Å²) in [4.78, 5) is 26.7. The molecule has 6 fully saturated rings. The maximum absolute atomic E-state index is 13.5. The third kappa shape index (κ3) is 5.27. The Kier molecular flexibility index (Phi) is 6.79. The highest BCUT2D eigenvalue weighted by atomic mass is 32.2.